The maximum absolute atomic E-state index is 12.5. The number of thioether (sulfide) groups is 1. The first kappa shape index (κ1) is 15.4. The summed E-state index contributed by atoms with van der Waals surface area (Å²) in [6.07, 6.45) is 0.982. The van der Waals surface area contributed by atoms with Gasteiger partial charge in [0.25, 0.3) is 0 Å². The van der Waals surface area contributed by atoms with Crippen LogP contribution in [0.25, 0.3) is 0 Å². The lowest BCUT2D eigenvalue weighted by molar-refractivity contribution is -0.130. The minimum atomic E-state index is 0.193. The van der Waals surface area contributed by atoms with Crippen molar-refractivity contribution >= 4 is 29.0 Å². The minimum Gasteiger partial charge on any atom is -0.497 e. The fourth-order valence-electron chi connectivity index (χ4n) is 2.75. The number of amides is 1. The van der Waals surface area contributed by atoms with Crippen LogP contribution in [-0.2, 0) is 11.2 Å². The molecule has 1 aliphatic rings. The second-order valence-electron chi connectivity index (χ2n) is 5.28. The van der Waals surface area contributed by atoms with Gasteiger partial charge in [0.2, 0.25) is 5.91 Å². The Bertz CT molecular complexity index is 651. The van der Waals surface area contributed by atoms with Crippen LogP contribution in [0.15, 0.2) is 40.6 Å². The monoisotopic (exact) mass is 333 g/mol. The second kappa shape index (κ2) is 6.75. The van der Waals surface area contributed by atoms with E-state index in [2.05, 4.69) is 18.4 Å². The lowest BCUT2D eigenvalue weighted by Crippen LogP contribution is -2.39. The number of rotatable bonds is 4. The molecule has 3 rings (SSSR count). The number of carbonyl (C=O) groups is 1. The van der Waals surface area contributed by atoms with Crippen molar-refractivity contribution in [2.75, 3.05) is 19.4 Å². The fourth-order valence-corrected chi connectivity index (χ4v) is 4.50. The van der Waals surface area contributed by atoms with Crippen LogP contribution in [-0.4, -0.2) is 30.2 Å². The fraction of sp³-hybridized carbons (Fsp3) is 0.353. The van der Waals surface area contributed by atoms with E-state index in [1.54, 1.807) is 30.2 Å². The van der Waals surface area contributed by atoms with Crippen LogP contribution in [0.5, 0.6) is 5.75 Å². The highest BCUT2D eigenvalue weighted by Gasteiger charge is 2.27. The van der Waals surface area contributed by atoms with Crippen LogP contribution in [0.4, 0.5) is 0 Å². The Morgan fingerprint density at radius 1 is 1.36 bits per heavy atom. The highest BCUT2D eigenvalue weighted by atomic mass is 32.2. The Morgan fingerprint density at radius 2 is 2.14 bits per heavy atom. The molecule has 116 valence electrons. The largest absolute Gasteiger partial charge is 0.497 e. The lowest BCUT2D eigenvalue weighted by atomic mass is 10.0. The Labute approximate surface area is 139 Å². The van der Waals surface area contributed by atoms with E-state index in [1.165, 1.54) is 10.4 Å². The first-order valence-corrected chi connectivity index (χ1v) is 9.18. The molecule has 0 saturated heterocycles. The van der Waals surface area contributed by atoms with Crippen molar-refractivity contribution in [3.05, 3.63) is 46.2 Å². The van der Waals surface area contributed by atoms with Gasteiger partial charge in [0.05, 0.1) is 18.9 Å². The molecule has 22 heavy (non-hydrogen) atoms. The molecule has 1 aromatic heterocycles. The first-order valence-electron chi connectivity index (χ1n) is 7.31. The van der Waals surface area contributed by atoms with Gasteiger partial charge >= 0.3 is 0 Å². The van der Waals surface area contributed by atoms with Crippen molar-refractivity contribution in [1.82, 2.24) is 4.90 Å². The van der Waals surface area contributed by atoms with Gasteiger partial charge in [-0.2, -0.15) is 0 Å². The molecule has 0 aliphatic carbocycles. The number of carbonyl (C=O) groups excluding carboxylic acids is 1. The quantitative estimate of drug-likeness (QED) is 0.792. The summed E-state index contributed by atoms with van der Waals surface area (Å²) in [6, 6.07) is 10.2. The topological polar surface area (TPSA) is 29.5 Å². The summed E-state index contributed by atoms with van der Waals surface area (Å²) < 4.78 is 5.15. The zero-order chi connectivity index (χ0) is 15.5. The number of nitrogens with zero attached hydrogens (tertiary/aromatic N) is 1. The predicted molar refractivity (Wildman–Crippen MR) is 91.9 cm³/mol. The molecule has 1 aromatic carbocycles. The van der Waals surface area contributed by atoms with Gasteiger partial charge in [-0.1, -0.05) is 0 Å². The van der Waals surface area contributed by atoms with E-state index in [4.69, 9.17) is 4.74 Å². The zero-order valence-corrected chi connectivity index (χ0v) is 14.4. The summed E-state index contributed by atoms with van der Waals surface area (Å²) in [7, 11) is 1.65. The van der Waals surface area contributed by atoms with E-state index in [1.807, 2.05) is 29.2 Å². The van der Waals surface area contributed by atoms with E-state index < -0.39 is 0 Å². The van der Waals surface area contributed by atoms with Gasteiger partial charge in [0.1, 0.15) is 5.75 Å². The van der Waals surface area contributed by atoms with Crippen molar-refractivity contribution in [3.8, 4) is 5.75 Å². The molecule has 0 fully saturated rings. The molecule has 3 nitrogen and oxygen atoms in total. The molecule has 0 radical (unpaired) electrons. The number of hydrogen-bond donors (Lipinski definition) is 0. The summed E-state index contributed by atoms with van der Waals surface area (Å²) in [6.45, 7) is 2.96. The third-order valence-corrected chi connectivity index (χ3v) is 6.01. The van der Waals surface area contributed by atoms with Crippen LogP contribution in [0.2, 0.25) is 0 Å². The number of methoxy groups -OCH3 is 1. The Morgan fingerprint density at radius 3 is 2.86 bits per heavy atom. The molecule has 0 spiro atoms. The Hall–Kier alpha value is -1.46. The molecular formula is C17H19NO2S2. The number of fused-ring (bicyclic) bond motifs is 1. The van der Waals surface area contributed by atoms with Gasteiger partial charge in [-0.15, -0.1) is 23.1 Å². The SMILES string of the molecule is COc1ccc(SCC(=O)N2CCc3sccc3[C@@H]2C)cc1. The van der Waals surface area contributed by atoms with Gasteiger partial charge in [-0.25, -0.2) is 0 Å². The molecule has 0 saturated carbocycles. The van der Waals surface area contributed by atoms with Crippen LogP contribution >= 0.6 is 23.1 Å². The summed E-state index contributed by atoms with van der Waals surface area (Å²) in [4.78, 5) is 17.0. The summed E-state index contributed by atoms with van der Waals surface area (Å²) in [5.74, 6) is 1.53. The normalized spacial score (nSPS) is 17.2. The molecule has 0 N–H and O–H groups in total. The van der Waals surface area contributed by atoms with Crippen molar-refractivity contribution in [3.63, 3.8) is 0 Å². The van der Waals surface area contributed by atoms with Gasteiger partial charge in [-0.3, -0.25) is 4.79 Å². The number of thiophene rings is 1. The van der Waals surface area contributed by atoms with Crippen molar-refractivity contribution in [1.29, 1.82) is 0 Å². The zero-order valence-electron chi connectivity index (χ0n) is 12.7. The van der Waals surface area contributed by atoms with Crippen molar-refractivity contribution < 1.29 is 9.53 Å². The molecule has 2 aromatic rings. The standard InChI is InChI=1S/C17H19NO2S2/c1-12-15-8-10-21-16(15)7-9-18(12)17(19)11-22-14-5-3-13(20-2)4-6-14/h3-6,8,10,12H,7,9,11H2,1-2H3/t12-/m0/s1. The second-order valence-corrected chi connectivity index (χ2v) is 7.33. The molecule has 0 bridgehead atoms. The minimum absolute atomic E-state index is 0.193. The van der Waals surface area contributed by atoms with Crippen molar-refractivity contribution in [2.45, 2.75) is 24.3 Å². The summed E-state index contributed by atoms with van der Waals surface area (Å²) in [5, 5.41) is 2.13. The highest BCUT2D eigenvalue weighted by Crippen LogP contribution is 2.33. The molecule has 0 unspecified atom stereocenters. The summed E-state index contributed by atoms with van der Waals surface area (Å²) in [5.41, 5.74) is 1.32. The Balaban J connectivity index is 1.60. The molecule has 1 atom stereocenters. The number of benzene rings is 1. The van der Waals surface area contributed by atoms with Gasteiger partial charge in [0, 0.05) is 16.3 Å². The summed E-state index contributed by atoms with van der Waals surface area (Å²) >= 11 is 3.38. The molecule has 5 heteroatoms. The van der Waals surface area contributed by atoms with Crippen LogP contribution in [0.1, 0.15) is 23.4 Å². The number of ether oxygens (including phenoxy) is 1. The predicted octanol–water partition coefficient (Wildman–Crippen LogP) is 3.99. The third-order valence-electron chi connectivity index (χ3n) is 4.02. The van der Waals surface area contributed by atoms with Crippen molar-refractivity contribution in [2.24, 2.45) is 0 Å². The van der Waals surface area contributed by atoms with Gasteiger partial charge in [-0.05, 0) is 54.6 Å². The molecule has 1 aliphatic heterocycles. The molecule has 1 amide bonds. The Kier molecular flexibility index (Phi) is 4.74. The third kappa shape index (κ3) is 3.15. The van der Waals surface area contributed by atoms with E-state index >= 15 is 0 Å². The highest BCUT2D eigenvalue weighted by molar-refractivity contribution is 8.00. The molecular weight excluding hydrogens is 314 g/mol. The molecule has 2 heterocycles. The average Bonchev–Trinajstić information content (AvgIpc) is 3.03. The van der Waals surface area contributed by atoms with Crippen LogP contribution in [0, 0.1) is 0 Å². The van der Waals surface area contributed by atoms with Crippen LogP contribution in [0.3, 0.4) is 0 Å². The smallest absolute Gasteiger partial charge is 0.233 e. The van der Waals surface area contributed by atoms with Crippen LogP contribution < -0.4 is 4.74 Å². The van der Waals surface area contributed by atoms with E-state index in [0.29, 0.717) is 5.75 Å². The maximum Gasteiger partial charge on any atom is 0.233 e. The van der Waals surface area contributed by atoms with Gasteiger partial charge in [0.15, 0.2) is 0 Å². The lowest BCUT2D eigenvalue weighted by Gasteiger charge is -2.33. The van der Waals surface area contributed by atoms with E-state index in [-0.39, 0.29) is 11.9 Å². The van der Waals surface area contributed by atoms with E-state index in [0.717, 1.165) is 23.6 Å². The van der Waals surface area contributed by atoms with E-state index in [9.17, 15) is 4.79 Å². The average molecular weight is 333 g/mol. The van der Waals surface area contributed by atoms with Gasteiger partial charge < -0.3 is 9.64 Å². The number of hydrogen-bond acceptors (Lipinski definition) is 4. The first-order chi connectivity index (χ1) is 10.7. The maximum atomic E-state index is 12.5.